The molecule has 0 aliphatic carbocycles. The third-order valence-electron chi connectivity index (χ3n) is 6.05. The molecule has 0 spiro atoms. The predicted molar refractivity (Wildman–Crippen MR) is 139 cm³/mol. The van der Waals surface area contributed by atoms with Crippen molar-refractivity contribution >= 4 is 39.3 Å². The van der Waals surface area contributed by atoms with Crippen LogP contribution in [-0.2, 0) is 11.0 Å². The number of amides is 3. The fourth-order valence-electron chi connectivity index (χ4n) is 3.96. The Morgan fingerprint density at radius 1 is 1.18 bits per heavy atom. The standard InChI is InChI=1S/C25H29F3N6O3S/c1-14(2)29-8-10-37-16-5-6-18-15(11-16)12-19(38-18)20-17(25(26,27)28)13-31-22(32-20)30-7-9-34-23(36)33-21(35)24(34,3)4/h5-6,11-14,29H,7-10H2,1-4H3,(H,30,31,32)(H,33,35,36). The van der Waals surface area contributed by atoms with Crippen molar-refractivity contribution < 1.29 is 27.5 Å². The number of nitrogens with zero attached hydrogens (tertiary/aromatic N) is 3. The number of urea groups is 1. The van der Waals surface area contributed by atoms with Crippen molar-refractivity contribution in [3.8, 4) is 16.3 Å². The zero-order chi connectivity index (χ0) is 27.7. The van der Waals surface area contributed by atoms with E-state index < -0.39 is 29.2 Å². The molecule has 1 fully saturated rings. The van der Waals surface area contributed by atoms with Gasteiger partial charge in [0.05, 0.1) is 10.6 Å². The first kappa shape index (κ1) is 27.6. The van der Waals surface area contributed by atoms with E-state index in [0.29, 0.717) is 29.8 Å². The SMILES string of the molecule is CC(C)NCCOc1ccc2sc(-c3nc(NCCN4C(=O)NC(=O)C4(C)C)ncc3C(F)(F)F)cc2c1. The van der Waals surface area contributed by atoms with Gasteiger partial charge < -0.3 is 20.3 Å². The number of alkyl halides is 3. The lowest BCUT2D eigenvalue weighted by Gasteiger charge is -2.27. The average molecular weight is 551 g/mol. The Kier molecular flexibility index (Phi) is 7.79. The highest BCUT2D eigenvalue weighted by atomic mass is 32.1. The fraction of sp³-hybridized carbons (Fsp3) is 0.440. The van der Waals surface area contributed by atoms with E-state index in [1.165, 1.54) is 16.2 Å². The maximum Gasteiger partial charge on any atom is 0.420 e. The number of nitrogens with one attached hydrogen (secondary N) is 3. The molecule has 0 saturated carbocycles. The Morgan fingerprint density at radius 2 is 1.95 bits per heavy atom. The number of anilines is 1. The van der Waals surface area contributed by atoms with Crippen LogP contribution in [0.3, 0.4) is 0 Å². The number of benzene rings is 1. The van der Waals surface area contributed by atoms with Crippen molar-refractivity contribution in [2.24, 2.45) is 0 Å². The highest BCUT2D eigenvalue weighted by molar-refractivity contribution is 7.22. The Balaban J connectivity index is 1.53. The Hall–Kier alpha value is -3.45. The van der Waals surface area contributed by atoms with E-state index in [0.717, 1.165) is 16.3 Å². The zero-order valence-corrected chi connectivity index (χ0v) is 22.2. The van der Waals surface area contributed by atoms with Crippen LogP contribution >= 0.6 is 11.3 Å². The van der Waals surface area contributed by atoms with Crippen LogP contribution in [0.5, 0.6) is 5.75 Å². The van der Waals surface area contributed by atoms with Crippen LogP contribution in [0.25, 0.3) is 20.7 Å². The van der Waals surface area contributed by atoms with Crippen LogP contribution in [0, 0.1) is 0 Å². The Morgan fingerprint density at radius 3 is 2.61 bits per heavy atom. The number of halogens is 3. The van der Waals surface area contributed by atoms with E-state index in [4.69, 9.17) is 4.74 Å². The van der Waals surface area contributed by atoms with E-state index >= 15 is 0 Å². The second kappa shape index (κ2) is 10.7. The molecule has 0 bridgehead atoms. The Labute approximate surface area is 221 Å². The summed E-state index contributed by atoms with van der Waals surface area (Å²) in [7, 11) is 0. The molecular formula is C25H29F3N6O3S. The fourth-order valence-corrected chi connectivity index (χ4v) is 5.01. The summed E-state index contributed by atoms with van der Waals surface area (Å²) in [4.78, 5) is 33.7. The number of hydrogen-bond donors (Lipinski definition) is 3. The van der Waals surface area contributed by atoms with E-state index in [2.05, 4.69) is 25.9 Å². The average Bonchev–Trinajstić information content (AvgIpc) is 3.34. The molecular weight excluding hydrogens is 521 g/mol. The van der Waals surface area contributed by atoms with Gasteiger partial charge in [-0.25, -0.2) is 14.8 Å². The van der Waals surface area contributed by atoms with Crippen LogP contribution < -0.4 is 20.7 Å². The largest absolute Gasteiger partial charge is 0.492 e. The normalized spacial score (nSPS) is 15.4. The number of rotatable bonds is 10. The summed E-state index contributed by atoms with van der Waals surface area (Å²) in [6.45, 7) is 8.70. The predicted octanol–water partition coefficient (Wildman–Crippen LogP) is 4.50. The Bertz CT molecular complexity index is 1340. The lowest BCUT2D eigenvalue weighted by Crippen LogP contribution is -2.46. The smallest absolute Gasteiger partial charge is 0.420 e. The summed E-state index contributed by atoms with van der Waals surface area (Å²) in [5.41, 5.74) is -2.22. The van der Waals surface area contributed by atoms with Gasteiger partial charge >= 0.3 is 12.2 Å². The second-order valence-electron chi connectivity index (χ2n) is 9.62. The van der Waals surface area contributed by atoms with Crippen LogP contribution in [0.1, 0.15) is 33.3 Å². The first-order valence-corrected chi connectivity index (χ1v) is 12.9. The number of thiophene rings is 1. The molecule has 3 heterocycles. The van der Waals surface area contributed by atoms with Gasteiger partial charge in [-0.2, -0.15) is 13.2 Å². The zero-order valence-electron chi connectivity index (χ0n) is 21.4. The number of fused-ring (bicyclic) bond motifs is 1. The van der Waals surface area contributed by atoms with Crippen LogP contribution in [0.15, 0.2) is 30.5 Å². The number of ether oxygens (including phenoxy) is 1. The minimum absolute atomic E-state index is 0.0177. The number of carbonyl (C=O) groups excluding carboxylic acids is 2. The molecule has 38 heavy (non-hydrogen) atoms. The molecule has 4 rings (SSSR count). The molecule has 1 aliphatic heterocycles. The highest BCUT2D eigenvalue weighted by Gasteiger charge is 2.45. The van der Waals surface area contributed by atoms with Crippen molar-refractivity contribution in [2.45, 2.75) is 45.5 Å². The van der Waals surface area contributed by atoms with Crippen molar-refractivity contribution in [3.05, 3.63) is 36.0 Å². The molecule has 3 amide bonds. The van der Waals surface area contributed by atoms with E-state index in [9.17, 15) is 22.8 Å². The molecule has 3 aromatic rings. The summed E-state index contributed by atoms with van der Waals surface area (Å²) < 4.78 is 48.1. The summed E-state index contributed by atoms with van der Waals surface area (Å²) in [5, 5.41) is 9.12. The first-order valence-electron chi connectivity index (χ1n) is 12.1. The lowest BCUT2D eigenvalue weighted by atomic mass is 10.0. The van der Waals surface area contributed by atoms with Crippen LogP contribution in [-0.4, -0.2) is 64.6 Å². The number of carbonyl (C=O) groups is 2. The third kappa shape index (κ3) is 5.99. The summed E-state index contributed by atoms with van der Waals surface area (Å²) in [6, 6.07) is 6.86. The molecule has 2 aromatic heterocycles. The van der Waals surface area contributed by atoms with Gasteiger partial charge in [0, 0.05) is 36.6 Å². The summed E-state index contributed by atoms with van der Waals surface area (Å²) in [5.74, 6) is 0.192. The number of hydrogen-bond acceptors (Lipinski definition) is 8. The van der Waals surface area contributed by atoms with Crippen molar-refractivity contribution in [2.75, 3.05) is 31.6 Å². The van der Waals surface area contributed by atoms with Crippen molar-refractivity contribution in [1.82, 2.24) is 25.5 Å². The van der Waals surface area contributed by atoms with Gasteiger partial charge in [-0.3, -0.25) is 10.1 Å². The van der Waals surface area contributed by atoms with Crippen LogP contribution in [0.4, 0.5) is 23.9 Å². The minimum Gasteiger partial charge on any atom is -0.492 e. The first-order chi connectivity index (χ1) is 17.9. The van der Waals surface area contributed by atoms with Gasteiger partial charge in [0.15, 0.2) is 0 Å². The maximum absolute atomic E-state index is 13.8. The molecule has 204 valence electrons. The molecule has 3 N–H and O–H groups in total. The van der Waals surface area contributed by atoms with E-state index in [-0.39, 0.29) is 24.7 Å². The number of imide groups is 1. The van der Waals surface area contributed by atoms with E-state index in [1.807, 2.05) is 19.9 Å². The van der Waals surface area contributed by atoms with Gasteiger partial charge in [0.25, 0.3) is 5.91 Å². The molecule has 0 atom stereocenters. The summed E-state index contributed by atoms with van der Waals surface area (Å²) >= 11 is 1.19. The van der Waals surface area contributed by atoms with Gasteiger partial charge in [0.2, 0.25) is 5.95 Å². The minimum atomic E-state index is -4.65. The monoisotopic (exact) mass is 550 g/mol. The molecule has 1 saturated heterocycles. The van der Waals surface area contributed by atoms with Gasteiger partial charge in [-0.1, -0.05) is 13.8 Å². The number of aromatic nitrogens is 2. The molecule has 13 heteroatoms. The van der Waals surface area contributed by atoms with E-state index in [1.54, 1.807) is 32.0 Å². The molecule has 0 radical (unpaired) electrons. The van der Waals surface area contributed by atoms with Crippen LogP contribution in [0.2, 0.25) is 0 Å². The van der Waals surface area contributed by atoms with Gasteiger partial charge in [-0.05, 0) is 43.5 Å². The molecule has 9 nitrogen and oxygen atoms in total. The quantitative estimate of drug-likeness (QED) is 0.252. The summed E-state index contributed by atoms with van der Waals surface area (Å²) in [6.07, 6.45) is -3.90. The van der Waals surface area contributed by atoms with Crippen molar-refractivity contribution in [1.29, 1.82) is 0 Å². The third-order valence-corrected chi connectivity index (χ3v) is 7.18. The second-order valence-corrected chi connectivity index (χ2v) is 10.7. The topological polar surface area (TPSA) is 108 Å². The van der Waals surface area contributed by atoms with Gasteiger partial charge in [0.1, 0.15) is 23.5 Å². The molecule has 1 aromatic carbocycles. The maximum atomic E-state index is 13.8. The van der Waals surface area contributed by atoms with Gasteiger partial charge in [-0.15, -0.1) is 11.3 Å². The molecule has 1 aliphatic rings. The lowest BCUT2D eigenvalue weighted by molar-refractivity contribution is -0.137. The molecule has 0 unspecified atom stereocenters. The highest BCUT2D eigenvalue weighted by Crippen LogP contribution is 2.41. The van der Waals surface area contributed by atoms with Crippen molar-refractivity contribution in [3.63, 3.8) is 0 Å².